The third kappa shape index (κ3) is 2.64. The van der Waals surface area contributed by atoms with Gasteiger partial charge in [-0.15, -0.1) is 0 Å². The van der Waals surface area contributed by atoms with Crippen molar-refractivity contribution in [2.75, 3.05) is 13.1 Å². The number of rotatable bonds is 2. The molecule has 0 amide bonds. The van der Waals surface area contributed by atoms with Crippen LogP contribution in [-0.2, 0) is 7.05 Å². The van der Waals surface area contributed by atoms with E-state index in [9.17, 15) is 9.50 Å². The number of nitrogens with one attached hydrogen (secondary N) is 1. The van der Waals surface area contributed by atoms with E-state index in [1.165, 1.54) is 4.68 Å². The summed E-state index contributed by atoms with van der Waals surface area (Å²) in [7, 11) is 1.72. The van der Waals surface area contributed by atoms with Crippen LogP contribution in [0.3, 0.4) is 0 Å². The molecule has 1 aliphatic rings. The number of piperidine rings is 1. The Kier molecular flexibility index (Phi) is 3.61. The number of hydrogen-bond donors (Lipinski definition) is 2. The van der Waals surface area contributed by atoms with Crippen molar-refractivity contribution in [2.45, 2.75) is 18.9 Å². The van der Waals surface area contributed by atoms with Crippen molar-refractivity contribution in [1.29, 1.82) is 0 Å². The van der Waals surface area contributed by atoms with E-state index in [1.807, 2.05) is 16.9 Å². The predicted molar refractivity (Wildman–Crippen MR) is 100.0 cm³/mol. The number of hydrogen-bond acceptors (Lipinski definition) is 5. The van der Waals surface area contributed by atoms with Crippen molar-refractivity contribution in [1.82, 2.24) is 29.9 Å². The van der Waals surface area contributed by atoms with Gasteiger partial charge in [0.1, 0.15) is 16.6 Å². The number of fused-ring (bicyclic) bond motifs is 2. The third-order valence-corrected chi connectivity index (χ3v) is 5.17. The van der Waals surface area contributed by atoms with Gasteiger partial charge >= 0.3 is 0 Å². The summed E-state index contributed by atoms with van der Waals surface area (Å²) < 4.78 is 18.0. The van der Waals surface area contributed by atoms with Crippen molar-refractivity contribution in [3.63, 3.8) is 0 Å². The van der Waals surface area contributed by atoms with Gasteiger partial charge in [-0.25, -0.2) is 9.37 Å². The Morgan fingerprint density at radius 1 is 1.15 bits per heavy atom. The van der Waals surface area contributed by atoms with Gasteiger partial charge < -0.3 is 10.4 Å². The fraction of sp³-hybridized carbons (Fsp3) is 0.316. The Balaban J connectivity index is 1.60. The molecule has 1 aromatic carbocycles. The molecule has 0 spiro atoms. The molecule has 0 bridgehead atoms. The number of benzene rings is 1. The average molecular weight is 366 g/mol. The summed E-state index contributed by atoms with van der Waals surface area (Å²) >= 11 is 0. The first-order chi connectivity index (χ1) is 13.1. The van der Waals surface area contributed by atoms with E-state index in [-0.39, 0.29) is 5.52 Å². The molecule has 3 aromatic heterocycles. The van der Waals surface area contributed by atoms with Crippen molar-refractivity contribution in [3.05, 3.63) is 36.4 Å². The summed E-state index contributed by atoms with van der Waals surface area (Å²) in [5.74, 6) is -1.16. The lowest BCUT2D eigenvalue weighted by atomic mass is 10.1. The Morgan fingerprint density at radius 3 is 2.78 bits per heavy atom. The molecule has 0 unspecified atom stereocenters. The number of aromatic hydroxyl groups is 1. The van der Waals surface area contributed by atoms with Crippen molar-refractivity contribution < 1.29 is 9.50 Å². The maximum atomic E-state index is 14.5. The van der Waals surface area contributed by atoms with Crippen LogP contribution in [-0.4, -0.2) is 42.7 Å². The van der Waals surface area contributed by atoms with Crippen LogP contribution in [0.4, 0.5) is 4.39 Å². The zero-order chi connectivity index (χ0) is 18.5. The third-order valence-electron chi connectivity index (χ3n) is 5.17. The van der Waals surface area contributed by atoms with Gasteiger partial charge in [0.05, 0.1) is 17.9 Å². The normalized spacial score (nSPS) is 15.8. The van der Waals surface area contributed by atoms with Crippen LogP contribution in [0.5, 0.6) is 5.75 Å². The smallest absolute Gasteiger partial charge is 0.193 e. The largest absolute Gasteiger partial charge is 0.504 e. The molecule has 0 saturated carbocycles. The second-order valence-corrected chi connectivity index (χ2v) is 7.02. The van der Waals surface area contributed by atoms with Crippen LogP contribution in [0.25, 0.3) is 33.2 Å². The molecule has 2 N–H and O–H groups in total. The molecule has 1 fully saturated rings. The molecule has 5 rings (SSSR count). The van der Waals surface area contributed by atoms with Gasteiger partial charge in [0.2, 0.25) is 0 Å². The minimum absolute atomic E-state index is 0.151. The van der Waals surface area contributed by atoms with E-state index in [0.717, 1.165) is 37.0 Å². The molecule has 138 valence electrons. The van der Waals surface area contributed by atoms with E-state index >= 15 is 0 Å². The lowest BCUT2D eigenvalue weighted by Gasteiger charge is -2.22. The number of aryl methyl sites for hydroxylation is 1. The van der Waals surface area contributed by atoms with E-state index in [4.69, 9.17) is 0 Å². The van der Waals surface area contributed by atoms with Gasteiger partial charge in [-0.2, -0.15) is 10.2 Å². The molecule has 4 heterocycles. The van der Waals surface area contributed by atoms with Gasteiger partial charge in [0.15, 0.2) is 11.6 Å². The van der Waals surface area contributed by atoms with Gasteiger partial charge in [-0.3, -0.25) is 9.36 Å². The van der Waals surface area contributed by atoms with Gasteiger partial charge in [0.25, 0.3) is 0 Å². The van der Waals surface area contributed by atoms with Crippen molar-refractivity contribution in [2.24, 2.45) is 7.05 Å². The van der Waals surface area contributed by atoms with Crippen LogP contribution in [0.1, 0.15) is 18.9 Å². The van der Waals surface area contributed by atoms with Gasteiger partial charge in [-0.1, -0.05) is 0 Å². The van der Waals surface area contributed by atoms with Crippen LogP contribution < -0.4 is 5.32 Å². The molecule has 0 radical (unpaired) electrons. The SMILES string of the molecule is Cn1cc2cc(-c3ccc4nn(C5CCNCC5)cc4n3)c(O)c(F)c2n1. The van der Waals surface area contributed by atoms with Crippen LogP contribution >= 0.6 is 0 Å². The highest BCUT2D eigenvalue weighted by atomic mass is 19.1. The number of nitrogens with zero attached hydrogens (tertiary/aromatic N) is 5. The lowest BCUT2D eigenvalue weighted by molar-refractivity contribution is 0.345. The summed E-state index contributed by atoms with van der Waals surface area (Å²) in [6.07, 6.45) is 5.72. The molecular weight excluding hydrogens is 347 g/mol. The second kappa shape index (κ2) is 6.02. The van der Waals surface area contributed by atoms with E-state index < -0.39 is 11.6 Å². The maximum absolute atomic E-state index is 14.5. The van der Waals surface area contributed by atoms with E-state index in [2.05, 4.69) is 20.5 Å². The standard InChI is InChI=1S/C19H19FN6O/c1-25-9-11-8-13(19(27)17(20)18(11)24-25)14-2-3-15-16(22-14)10-26(23-15)12-4-6-21-7-5-12/h2-3,8-10,12,21,27H,4-7H2,1H3. The highest BCUT2D eigenvalue weighted by Crippen LogP contribution is 2.36. The Morgan fingerprint density at radius 2 is 1.96 bits per heavy atom. The summed E-state index contributed by atoms with van der Waals surface area (Å²) in [6.45, 7) is 1.97. The zero-order valence-electron chi connectivity index (χ0n) is 14.9. The first-order valence-corrected chi connectivity index (χ1v) is 9.02. The van der Waals surface area contributed by atoms with Crippen LogP contribution in [0, 0.1) is 5.82 Å². The highest BCUT2D eigenvalue weighted by molar-refractivity contribution is 5.89. The van der Waals surface area contributed by atoms with E-state index in [1.54, 1.807) is 25.4 Å². The van der Waals surface area contributed by atoms with Crippen LogP contribution in [0.2, 0.25) is 0 Å². The first kappa shape index (κ1) is 16.2. The van der Waals surface area contributed by atoms with Crippen molar-refractivity contribution >= 4 is 21.9 Å². The van der Waals surface area contributed by atoms with E-state index in [0.29, 0.717) is 22.7 Å². The second-order valence-electron chi connectivity index (χ2n) is 7.02. The molecular formula is C19H19FN6O. The predicted octanol–water partition coefficient (Wildman–Crippen LogP) is 2.75. The zero-order valence-corrected chi connectivity index (χ0v) is 14.9. The fourth-order valence-electron chi connectivity index (χ4n) is 3.77. The molecule has 4 aromatic rings. The molecule has 0 atom stereocenters. The van der Waals surface area contributed by atoms with Crippen LogP contribution in [0.15, 0.2) is 30.6 Å². The first-order valence-electron chi connectivity index (χ1n) is 9.02. The number of phenolic OH excluding ortho intramolecular Hbond substituents is 1. The Hall–Kier alpha value is -3.00. The Bertz CT molecular complexity index is 1160. The minimum atomic E-state index is -0.726. The minimum Gasteiger partial charge on any atom is -0.504 e. The molecule has 8 heteroatoms. The van der Waals surface area contributed by atoms with Gasteiger partial charge in [-0.05, 0) is 44.1 Å². The number of phenols is 1. The quantitative estimate of drug-likeness (QED) is 0.570. The van der Waals surface area contributed by atoms with Crippen molar-refractivity contribution in [3.8, 4) is 17.0 Å². The number of halogens is 1. The summed E-state index contributed by atoms with van der Waals surface area (Å²) in [5.41, 5.74) is 2.54. The summed E-state index contributed by atoms with van der Waals surface area (Å²) in [4.78, 5) is 4.62. The molecule has 1 aliphatic heterocycles. The average Bonchev–Trinajstić information content (AvgIpc) is 3.28. The molecule has 1 saturated heterocycles. The molecule has 7 nitrogen and oxygen atoms in total. The highest BCUT2D eigenvalue weighted by Gasteiger charge is 2.19. The summed E-state index contributed by atoms with van der Waals surface area (Å²) in [6, 6.07) is 5.70. The maximum Gasteiger partial charge on any atom is 0.193 e. The molecule has 0 aliphatic carbocycles. The van der Waals surface area contributed by atoms with Gasteiger partial charge in [0, 0.05) is 24.2 Å². The Labute approximate surface area is 154 Å². The topological polar surface area (TPSA) is 80.8 Å². The number of pyridine rings is 1. The number of aromatic nitrogens is 5. The lowest BCUT2D eigenvalue weighted by Crippen LogP contribution is -2.29. The fourth-order valence-corrected chi connectivity index (χ4v) is 3.77. The monoisotopic (exact) mass is 366 g/mol. The molecule has 27 heavy (non-hydrogen) atoms. The summed E-state index contributed by atoms with van der Waals surface area (Å²) in [5, 5.41) is 23.0.